The quantitative estimate of drug-likeness (QED) is 0.930. The summed E-state index contributed by atoms with van der Waals surface area (Å²) >= 11 is 0. The smallest absolute Gasteiger partial charge is 0.261 e. The maximum absolute atomic E-state index is 5.43. The Morgan fingerprint density at radius 2 is 2.00 bits per heavy atom. The molecule has 0 spiro atoms. The van der Waals surface area contributed by atoms with E-state index in [-0.39, 0.29) is 0 Å². The zero-order valence-corrected chi connectivity index (χ0v) is 12.3. The summed E-state index contributed by atoms with van der Waals surface area (Å²) in [6.45, 7) is 1.99. The van der Waals surface area contributed by atoms with E-state index in [0.717, 1.165) is 37.3 Å². The molecule has 0 bridgehead atoms. The third-order valence-electron chi connectivity index (χ3n) is 3.78. The molecule has 0 aliphatic carbocycles. The van der Waals surface area contributed by atoms with E-state index in [1.807, 2.05) is 18.2 Å². The van der Waals surface area contributed by atoms with Crippen molar-refractivity contribution in [1.82, 2.24) is 15.5 Å². The lowest BCUT2D eigenvalue weighted by atomic mass is 9.98. The van der Waals surface area contributed by atoms with Crippen LogP contribution in [0.15, 0.2) is 22.7 Å². The molecule has 0 radical (unpaired) electrons. The summed E-state index contributed by atoms with van der Waals surface area (Å²) in [5, 5.41) is 7.47. The Morgan fingerprint density at radius 3 is 2.71 bits per heavy atom. The van der Waals surface area contributed by atoms with Crippen LogP contribution < -0.4 is 14.8 Å². The van der Waals surface area contributed by atoms with E-state index in [2.05, 4.69) is 15.5 Å². The van der Waals surface area contributed by atoms with Crippen molar-refractivity contribution in [1.29, 1.82) is 0 Å². The number of hydrogen-bond donors (Lipinski definition) is 1. The Kier molecular flexibility index (Phi) is 4.06. The molecule has 1 saturated heterocycles. The second-order valence-electron chi connectivity index (χ2n) is 5.02. The van der Waals surface area contributed by atoms with Crippen LogP contribution in [0.25, 0.3) is 11.5 Å². The molecule has 1 aliphatic rings. The van der Waals surface area contributed by atoms with Crippen LogP contribution in [0.4, 0.5) is 0 Å². The number of methoxy groups -OCH3 is 2. The van der Waals surface area contributed by atoms with E-state index in [9.17, 15) is 0 Å². The van der Waals surface area contributed by atoms with Crippen LogP contribution >= 0.6 is 0 Å². The second kappa shape index (κ2) is 6.13. The summed E-state index contributed by atoms with van der Waals surface area (Å²) < 4.78 is 16.1. The van der Waals surface area contributed by atoms with Gasteiger partial charge >= 0.3 is 0 Å². The first kappa shape index (κ1) is 13.9. The molecule has 1 aromatic carbocycles. The molecule has 1 fully saturated rings. The Bertz CT molecular complexity index is 606. The number of nitrogens with one attached hydrogen (secondary N) is 1. The van der Waals surface area contributed by atoms with Gasteiger partial charge in [-0.25, -0.2) is 0 Å². The van der Waals surface area contributed by atoms with Crippen molar-refractivity contribution in [2.45, 2.75) is 18.8 Å². The third kappa shape index (κ3) is 2.71. The molecule has 2 heterocycles. The second-order valence-corrected chi connectivity index (χ2v) is 5.02. The van der Waals surface area contributed by atoms with Gasteiger partial charge in [0.25, 0.3) is 5.89 Å². The van der Waals surface area contributed by atoms with Gasteiger partial charge in [0.05, 0.1) is 19.8 Å². The molecular formula is C15H19N3O3. The van der Waals surface area contributed by atoms with E-state index in [1.54, 1.807) is 14.2 Å². The standard InChI is InChI=1S/C15H19N3O3/c1-19-12-5-3-4-11(13(12)20-2)15-17-14(18-21-15)10-6-8-16-9-7-10/h3-5,10,16H,6-9H2,1-2H3. The fraction of sp³-hybridized carbons (Fsp3) is 0.467. The van der Waals surface area contributed by atoms with Crippen LogP contribution in [-0.2, 0) is 0 Å². The van der Waals surface area contributed by atoms with Crippen molar-refractivity contribution in [2.24, 2.45) is 0 Å². The van der Waals surface area contributed by atoms with Gasteiger partial charge in [0.2, 0.25) is 0 Å². The van der Waals surface area contributed by atoms with E-state index in [4.69, 9.17) is 14.0 Å². The Hall–Kier alpha value is -2.08. The van der Waals surface area contributed by atoms with Gasteiger partial charge in [0, 0.05) is 5.92 Å². The summed E-state index contributed by atoms with van der Waals surface area (Å²) in [7, 11) is 3.21. The van der Waals surface area contributed by atoms with Crippen molar-refractivity contribution < 1.29 is 14.0 Å². The number of hydrogen-bond acceptors (Lipinski definition) is 6. The minimum Gasteiger partial charge on any atom is -0.493 e. The summed E-state index contributed by atoms with van der Waals surface area (Å²) in [6, 6.07) is 5.61. The Balaban J connectivity index is 1.92. The molecule has 0 unspecified atom stereocenters. The van der Waals surface area contributed by atoms with Crippen LogP contribution in [0.5, 0.6) is 11.5 Å². The van der Waals surface area contributed by atoms with E-state index in [1.165, 1.54) is 0 Å². The summed E-state index contributed by atoms with van der Waals surface area (Å²) in [6.07, 6.45) is 2.07. The van der Waals surface area contributed by atoms with Crippen molar-refractivity contribution in [3.63, 3.8) is 0 Å². The van der Waals surface area contributed by atoms with Crippen LogP contribution in [0, 0.1) is 0 Å². The number of para-hydroxylation sites is 1. The van der Waals surface area contributed by atoms with Crippen LogP contribution in [0.2, 0.25) is 0 Å². The predicted molar refractivity (Wildman–Crippen MR) is 77.7 cm³/mol. The lowest BCUT2D eigenvalue weighted by Crippen LogP contribution is -2.27. The molecule has 2 aromatic rings. The van der Waals surface area contributed by atoms with Crippen molar-refractivity contribution in [3.8, 4) is 23.0 Å². The zero-order valence-electron chi connectivity index (χ0n) is 12.3. The topological polar surface area (TPSA) is 69.4 Å². The van der Waals surface area contributed by atoms with Crippen LogP contribution in [-0.4, -0.2) is 37.4 Å². The summed E-state index contributed by atoms with van der Waals surface area (Å²) in [5.74, 6) is 2.87. The first-order valence-electron chi connectivity index (χ1n) is 7.09. The fourth-order valence-corrected chi connectivity index (χ4v) is 2.65. The normalized spacial score (nSPS) is 15.9. The van der Waals surface area contributed by atoms with Gasteiger partial charge in [-0.15, -0.1) is 0 Å². The summed E-state index contributed by atoms with van der Waals surface area (Å²) in [4.78, 5) is 4.55. The van der Waals surface area contributed by atoms with Crippen molar-refractivity contribution in [3.05, 3.63) is 24.0 Å². The minimum atomic E-state index is 0.361. The molecule has 6 nitrogen and oxygen atoms in total. The number of benzene rings is 1. The van der Waals surface area contributed by atoms with Gasteiger partial charge in [-0.2, -0.15) is 4.98 Å². The number of aromatic nitrogens is 2. The molecule has 21 heavy (non-hydrogen) atoms. The van der Waals surface area contributed by atoms with Gasteiger partial charge < -0.3 is 19.3 Å². The lowest BCUT2D eigenvalue weighted by molar-refractivity contribution is 0.353. The zero-order chi connectivity index (χ0) is 14.7. The number of rotatable bonds is 4. The largest absolute Gasteiger partial charge is 0.493 e. The van der Waals surface area contributed by atoms with E-state index < -0.39 is 0 Å². The third-order valence-corrected chi connectivity index (χ3v) is 3.78. The molecule has 1 aromatic heterocycles. The first-order chi connectivity index (χ1) is 10.3. The fourth-order valence-electron chi connectivity index (χ4n) is 2.65. The molecule has 0 atom stereocenters. The molecule has 0 saturated carbocycles. The molecular weight excluding hydrogens is 270 g/mol. The van der Waals surface area contributed by atoms with Crippen molar-refractivity contribution >= 4 is 0 Å². The average Bonchev–Trinajstić information content (AvgIpc) is 3.04. The monoisotopic (exact) mass is 289 g/mol. The van der Waals surface area contributed by atoms with Crippen LogP contribution in [0.3, 0.4) is 0 Å². The van der Waals surface area contributed by atoms with Crippen molar-refractivity contribution in [2.75, 3.05) is 27.3 Å². The number of nitrogens with zero attached hydrogens (tertiary/aromatic N) is 2. The SMILES string of the molecule is COc1cccc(-c2nc(C3CCNCC3)no2)c1OC. The molecule has 112 valence electrons. The maximum atomic E-state index is 5.43. The number of ether oxygens (including phenoxy) is 2. The highest BCUT2D eigenvalue weighted by molar-refractivity contribution is 5.67. The highest BCUT2D eigenvalue weighted by Gasteiger charge is 2.23. The number of piperidine rings is 1. The Labute approximate surface area is 123 Å². The molecule has 1 N–H and O–H groups in total. The van der Waals surface area contributed by atoms with Gasteiger partial charge in [-0.1, -0.05) is 11.2 Å². The Morgan fingerprint density at radius 1 is 1.19 bits per heavy atom. The highest BCUT2D eigenvalue weighted by atomic mass is 16.5. The summed E-state index contributed by atoms with van der Waals surface area (Å²) in [5.41, 5.74) is 0.754. The van der Waals surface area contributed by atoms with E-state index >= 15 is 0 Å². The minimum absolute atomic E-state index is 0.361. The van der Waals surface area contributed by atoms with Gasteiger partial charge in [-0.3, -0.25) is 0 Å². The van der Waals surface area contributed by atoms with Gasteiger partial charge in [0.1, 0.15) is 0 Å². The first-order valence-corrected chi connectivity index (χ1v) is 7.09. The molecule has 0 amide bonds. The molecule has 6 heteroatoms. The maximum Gasteiger partial charge on any atom is 0.261 e. The highest BCUT2D eigenvalue weighted by Crippen LogP contribution is 2.37. The average molecular weight is 289 g/mol. The van der Waals surface area contributed by atoms with Crippen LogP contribution in [0.1, 0.15) is 24.6 Å². The van der Waals surface area contributed by atoms with Gasteiger partial charge in [0.15, 0.2) is 17.3 Å². The lowest BCUT2D eigenvalue weighted by Gasteiger charge is -2.18. The van der Waals surface area contributed by atoms with E-state index in [0.29, 0.717) is 23.3 Å². The van der Waals surface area contributed by atoms with Gasteiger partial charge in [-0.05, 0) is 38.1 Å². The molecule has 3 rings (SSSR count). The predicted octanol–water partition coefficient (Wildman–Crippen LogP) is 2.22. The molecule has 1 aliphatic heterocycles.